The molecule has 1 heterocycles. The van der Waals surface area contributed by atoms with E-state index in [2.05, 4.69) is 12.2 Å². The highest BCUT2D eigenvalue weighted by atomic mass is 127. The van der Waals surface area contributed by atoms with Crippen molar-refractivity contribution in [2.75, 3.05) is 26.9 Å². The Morgan fingerprint density at radius 1 is 0.854 bits per heavy atom. The lowest BCUT2D eigenvalue weighted by atomic mass is 9.93. The van der Waals surface area contributed by atoms with Crippen LogP contribution in [0.15, 0.2) is 0 Å². The molecule has 1 saturated heterocycles. The zero-order chi connectivity index (χ0) is 30.1. The third kappa shape index (κ3) is 18.8. The third-order valence-corrected chi connectivity index (χ3v) is 8.41. The van der Waals surface area contributed by atoms with E-state index in [0.717, 1.165) is 38.5 Å². The molecule has 0 aromatic heterocycles. The molecular weight excluding hydrogens is 636 g/mol. The molecule has 1 amide bonds. The van der Waals surface area contributed by atoms with Crippen LogP contribution in [-0.4, -0.2) is 77.0 Å². The number of hydrogen-bond donors (Lipinski definition) is 1. The van der Waals surface area contributed by atoms with Crippen molar-refractivity contribution < 1.29 is 31.6 Å². The van der Waals surface area contributed by atoms with Crippen molar-refractivity contribution in [2.24, 2.45) is 0 Å². The van der Waals surface area contributed by atoms with E-state index < -0.39 is 6.10 Å². The topological polar surface area (TPSA) is 92.3 Å². The highest BCUT2D eigenvalue weighted by molar-refractivity contribution is 14.1. The number of nitrogens with one attached hydrogen (secondary N) is 1. The van der Waals surface area contributed by atoms with E-state index in [1.807, 2.05) is 30.9 Å². The minimum Gasteiger partial charge on any atom is -0.453 e. The van der Waals surface area contributed by atoms with Gasteiger partial charge in [-0.05, 0) is 26.2 Å². The van der Waals surface area contributed by atoms with Crippen LogP contribution in [0, 0.1) is 0 Å². The van der Waals surface area contributed by atoms with Crippen LogP contribution in [0.25, 0.3) is 0 Å². The van der Waals surface area contributed by atoms with Gasteiger partial charge < -0.3 is 27.3 Å². The Morgan fingerprint density at radius 3 is 2.00 bits per heavy atom. The Morgan fingerprint density at radius 2 is 1.41 bits per heavy atom. The summed E-state index contributed by atoms with van der Waals surface area (Å²) < 4.78 is 28.1. The summed E-state index contributed by atoms with van der Waals surface area (Å²) >= 11 is 1.91. The van der Waals surface area contributed by atoms with Crippen molar-refractivity contribution in [1.29, 1.82) is 0 Å². The minimum atomic E-state index is -0.747. The first-order valence-electron chi connectivity index (χ1n) is 16.4. The van der Waals surface area contributed by atoms with Crippen LogP contribution in [0.4, 0.5) is 0 Å². The average Bonchev–Trinajstić information content (AvgIpc) is 3.26. The van der Waals surface area contributed by atoms with Gasteiger partial charge in [0.05, 0.1) is 12.6 Å². The zero-order valence-electron chi connectivity index (χ0n) is 26.5. The second-order valence-electron chi connectivity index (χ2n) is 11.6. The molecule has 1 rings (SSSR count). The molecule has 41 heavy (non-hydrogen) atoms. The second kappa shape index (κ2) is 26.0. The summed E-state index contributed by atoms with van der Waals surface area (Å²) in [5.41, 5.74) is 0. The molecule has 1 N–H and O–H groups in total. The van der Waals surface area contributed by atoms with Gasteiger partial charge in [0.15, 0.2) is 6.10 Å². The molecule has 0 saturated carbocycles. The number of halogens is 1. The van der Waals surface area contributed by atoms with Crippen LogP contribution >= 0.6 is 23.0 Å². The SMILES string of the molecule is B[C@@H]1O[C@H](COC)C(OI)C1OCCCCCCNC(=O)C(C)OC(=O)CCCCCCCCCCCCCCC. The standard InChI is InChI=1S/C31H59BINO7/c1-4-5-6-7-8-9-10-11-12-13-14-15-18-21-27(35)39-25(2)31(36)34-22-19-16-17-20-23-38-29-28(41-33)26(24-37-3)40-30(29)32/h25-26,28-30H,4-24,32H2,1-3H3,(H,34,36)/t25?,26-,28?,29?,30-/m1/s1. The van der Waals surface area contributed by atoms with Crippen LogP contribution in [0.5, 0.6) is 0 Å². The lowest BCUT2D eigenvalue weighted by molar-refractivity contribution is -0.154. The number of ether oxygens (including phenoxy) is 4. The first kappa shape index (κ1) is 38.6. The van der Waals surface area contributed by atoms with Crippen molar-refractivity contribution in [3.63, 3.8) is 0 Å². The molecule has 1 fully saturated rings. The average molecular weight is 696 g/mol. The van der Waals surface area contributed by atoms with Gasteiger partial charge in [0, 0.05) is 26.7 Å². The van der Waals surface area contributed by atoms with Crippen LogP contribution < -0.4 is 5.32 Å². The van der Waals surface area contributed by atoms with Gasteiger partial charge in [0.1, 0.15) is 49.2 Å². The van der Waals surface area contributed by atoms with Crippen LogP contribution in [-0.2, 0) is 31.6 Å². The highest BCUT2D eigenvalue weighted by Crippen LogP contribution is 2.27. The van der Waals surface area contributed by atoms with Gasteiger partial charge in [-0.2, -0.15) is 0 Å². The monoisotopic (exact) mass is 695 g/mol. The molecule has 3 unspecified atom stereocenters. The highest BCUT2D eigenvalue weighted by Gasteiger charge is 2.43. The molecule has 1 aliphatic rings. The smallest absolute Gasteiger partial charge is 0.306 e. The summed E-state index contributed by atoms with van der Waals surface area (Å²) in [5, 5.41) is 2.88. The summed E-state index contributed by atoms with van der Waals surface area (Å²) in [5.74, 6) is -0.501. The van der Waals surface area contributed by atoms with Crippen molar-refractivity contribution in [3.05, 3.63) is 0 Å². The lowest BCUT2D eigenvalue weighted by Gasteiger charge is -2.21. The van der Waals surface area contributed by atoms with Crippen molar-refractivity contribution >= 4 is 42.7 Å². The molecule has 0 aromatic rings. The zero-order valence-corrected chi connectivity index (χ0v) is 28.6. The number of unbranched alkanes of at least 4 members (excludes halogenated alkanes) is 15. The maximum absolute atomic E-state index is 12.3. The minimum absolute atomic E-state index is 0.0319. The summed E-state index contributed by atoms with van der Waals surface area (Å²) in [4.78, 5) is 24.4. The number of hydrogen-bond acceptors (Lipinski definition) is 7. The molecule has 0 spiro atoms. The summed E-state index contributed by atoms with van der Waals surface area (Å²) in [7, 11) is 3.66. The Bertz CT molecular complexity index is 660. The molecular formula is C31H59BINO7. The fourth-order valence-electron chi connectivity index (χ4n) is 5.30. The fourth-order valence-corrected chi connectivity index (χ4v) is 5.91. The second-order valence-corrected chi connectivity index (χ2v) is 12.1. The van der Waals surface area contributed by atoms with Gasteiger partial charge in [-0.15, -0.1) is 0 Å². The summed E-state index contributed by atoms with van der Waals surface area (Å²) in [6, 6.07) is -0.0319. The Hall–Kier alpha value is -0.425. The van der Waals surface area contributed by atoms with Crippen molar-refractivity contribution in [1.82, 2.24) is 5.32 Å². The Kier molecular flexibility index (Phi) is 24.5. The van der Waals surface area contributed by atoms with Gasteiger partial charge in [0.25, 0.3) is 5.91 Å². The van der Waals surface area contributed by atoms with Crippen molar-refractivity contribution in [2.45, 2.75) is 160 Å². The predicted octanol–water partition coefficient (Wildman–Crippen LogP) is 6.20. The Balaban J connectivity index is 1.95. The van der Waals surface area contributed by atoms with Crippen LogP contribution in [0.1, 0.15) is 129 Å². The number of rotatable bonds is 27. The molecule has 1 aliphatic heterocycles. The van der Waals surface area contributed by atoms with E-state index in [1.54, 1.807) is 14.0 Å². The molecule has 0 bridgehead atoms. The normalized spacial score (nSPS) is 21.2. The van der Waals surface area contributed by atoms with Gasteiger partial charge in [0.2, 0.25) is 0 Å². The van der Waals surface area contributed by atoms with E-state index in [4.69, 9.17) is 22.0 Å². The molecule has 240 valence electrons. The summed E-state index contributed by atoms with van der Waals surface area (Å²) in [6.07, 6.45) is 19.6. The third-order valence-electron chi connectivity index (χ3n) is 7.82. The van der Waals surface area contributed by atoms with Gasteiger partial charge in [-0.1, -0.05) is 96.8 Å². The Labute approximate surface area is 265 Å². The largest absolute Gasteiger partial charge is 0.453 e. The first-order valence-corrected chi connectivity index (χ1v) is 17.3. The molecule has 0 aliphatic carbocycles. The molecule has 0 aromatic carbocycles. The number of methoxy groups -OCH3 is 1. The number of carbonyl (C=O) groups is 2. The molecule has 5 atom stereocenters. The molecule has 0 radical (unpaired) electrons. The maximum Gasteiger partial charge on any atom is 0.306 e. The van der Waals surface area contributed by atoms with E-state index in [-0.39, 0.29) is 36.2 Å². The first-order chi connectivity index (χ1) is 19.9. The maximum atomic E-state index is 12.3. The number of amides is 1. The number of esters is 1. The van der Waals surface area contributed by atoms with Gasteiger partial charge in [-0.25, -0.2) is 0 Å². The molecule has 10 heteroatoms. The van der Waals surface area contributed by atoms with Crippen molar-refractivity contribution in [3.8, 4) is 0 Å². The summed E-state index contributed by atoms with van der Waals surface area (Å²) in [6.45, 7) is 5.62. The van der Waals surface area contributed by atoms with E-state index >= 15 is 0 Å². The predicted molar refractivity (Wildman–Crippen MR) is 175 cm³/mol. The number of carbonyl (C=O) groups excluding carboxylic acids is 2. The van der Waals surface area contributed by atoms with E-state index in [0.29, 0.717) is 26.2 Å². The van der Waals surface area contributed by atoms with Gasteiger partial charge in [-0.3, -0.25) is 9.59 Å². The lowest BCUT2D eigenvalue weighted by Crippen LogP contribution is -2.37. The fraction of sp³-hybridized carbons (Fsp3) is 0.935. The van der Waals surface area contributed by atoms with E-state index in [9.17, 15) is 9.59 Å². The van der Waals surface area contributed by atoms with Gasteiger partial charge >= 0.3 is 5.97 Å². The van der Waals surface area contributed by atoms with E-state index in [1.165, 1.54) is 70.6 Å². The van der Waals surface area contributed by atoms with Crippen LogP contribution in [0.3, 0.4) is 0 Å². The van der Waals surface area contributed by atoms with Crippen LogP contribution in [0.2, 0.25) is 0 Å². The quantitative estimate of drug-likeness (QED) is 0.0474. The molecule has 8 nitrogen and oxygen atoms in total.